The van der Waals surface area contributed by atoms with Gasteiger partial charge in [0.2, 0.25) is 22.5 Å². The van der Waals surface area contributed by atoms with Crippen LogP contribution in [0.25, 0.3) is 0 Å². The normalized spacial score (nSPS) is 25.6. The SMILES string of the molecule is CN(C)P1(N(C)C)=NP2(=NP(N(C)C)(N(C)C)=N1)NCCCN2. The van der Waals surface area contributed by atoms with Crippen LogP contribution >= 0.6 is 22.5 Å². The van der Waals surface area contributed by atoms with Crippen LogP contribution in [0.5, 0.6) is 0 Å². The second kappa shape index (κ2) is 6.99. The van der Waals surface area contributed by atoms with Crippen LogP contribution in [0.15, 0.2) is 13.5 Å². The Morgan fingerprint density at radius 3 is 1.39 bits per heavy atom. The molecule has 0 atom stereocenters. The lowest BCUT2D eigenvalue weighted by Crippen LogP contribution is -2.34. The molecular weight excluding hydrogens is 351 g/mol. The summed E-state index contributed by atoms with van der Waals surface area (Å²) in [6, 6.07) is 0. The number of nitrogens with zero attached hydrogens (tertiary/aromatic N) is 7. The number of nitrogens with one attached hydrogen (secondary N) is 2. The van der Waals surface area contributed by atoms with Gasteiger partial charge in [0.25, 0.3) is 0 Å². The molecule has 2 heterocycles. The lowest BCUT2D eigenvalue weighted by atomic mass is 10.4. The average Bonchev–Trinajstić information content (AvgIpc) is 2.46. The van der Waals surface area contributed by atoms with Crippen molar-refractivity contribution in [1.82, 2.24) is 28.9 Å². The number of hydrogen-bond acceptors (Lipinski definition) is 9. The maximum absolute atomic E-state index is 5.33. The molecule has 0 aromatic heterocycles. The molecule has 136 valence electrons. The van der Waals surface area contributed by atoms with E-state index in [2.05, 4.69) is 85.2 Å². The van der Waals surface area contributed by atoms with Gasteiger partial charge >= 0.3 is 0 Å². The maximum Gasteiger partial charge on any atom is 0.220 e. The predicted octanol–water partition coefficient (Wildman–Crippen LogP) is 2.67. The molecule has 1 saturated heterocycles. The zero-order valence-corrected chi connectivity index (χ0v) is 18.3. The predicted molar refractivity (Wildman–Crippen MR) is 103 cm³/mol. The minimum absolute atomic E-state index is 0.954. The van der Waals surface area contributed by atoms with Gasteiger partial charge in [0, 0.05) is 13.1 Å². The molecule has 0 bridgehead atoms. The summed E-state index contributed by atoms with van der Waals surface area (Å²) < 4.78 is 24.6. The fourth-order valence-corrected chi connectivity index (χ4v) is 16.7. The standard InChI is InChI=1S/C11H32N9P3/c1-17(2)22(18(3)4)14-21(12-10-9-11-13-21)15-23(16-22,19(5)6)20(7)8/h12-13H,9-11H2,1-8H3. The lowest BCUT2D eigenvalue weighted by molar-refractivity contribution is 0.544. The third kappa shape index (κ3) is 3.41. The monoisotopic (exact) mass is 383 g/mol. The molecule has 0 aromatic rings. The highest BCUT2D eigenvalue weighted by Crippen LogP contribution is 2.78. The maximum atomic E-state index is 5.33. The first-order valence-corrected chi connectivity index (χ1v) is 12.6. The highest BCUT2D eigenvalue weighted by Gasteiger charge is 2.42. The van der Waals surface area contributed by atoms with Gasteiger partial charge in [-0.3, -0.25) is 10.2 Å². The first-order chi connectivity index (χ1) is 10.6. The summed E-state index contributed by atoms with van der Waals surface area (Å²) >= 11 is 0. The fraction of sp³-hybridized carbons (Fsp3) is 1.00. The van der Waals surface area contributed by atoms with E-state index in [1.165, 1.54) is 0 Å². The first-order valence-electron chi connectivity index (χ1n) is 7.73. The van der Waals surface area contributed by atoms with E-state index in [0.717, 1.165) is 19.5 Å². The van der Waals surface area contributed by atoms with Crippen molar-refractivity contribution < 1.29 is 0 Å². The van der Waals surface area contributed by atoms with Crippen molar-refractivity contribution in [3.8, 4) is 0 Å². The van der Waals surface area contributed by atoms with Gasteiger partial charge < -0.3 is 0 Å². The third-order valence-corrected chi connectivity index (χ3v) is 15.4. The van der Waals surface area contributed by atoms with Gasteiger partial charge in [0.05, 0.1) is 0 Å². The molecule has 9 nitrogen and oxygen atoms in total. The van der Waals surface area contributed by atoms with Crippen molar-refractivity contribution >= 4 is 22.5 Å². The molecule has 2 aliphatic heterocycles. The molecule has 0 unspecified atom stereocenters. The van der Waals surface area contributed by atoms with Crippen LogP contribution in [-0.4, -0.2) is 88.2 Å². The van der Waals surface area contributed by atoms with Crippen molar-refractivity contribution in [3.05, 3.63) is 0 Å². The summed E-state index contributed by atoms with van der Waals surface area (Å²) in [6.45, 7) is 1.91. The van der Waals surface area contributed by atoms with Crippen LogP contribution < -0.4 is 10.2 Å². The van der Waals surface area contributed by atoms with Crippen LogP contribution in [0.3, 0.4) is 0 Å². The highest BCUT2D eigenvalue weighted by atomic mass is 31.3. The smallest absolute Gasteiger partial charge is 0.220 e. The summed E-state index contributed by atoms with van der Waals surface area (Å²) in [4.78, 5) is 0. The van der Waals surface area contributed by atoms with E-state index < -0.39 is 22.5 Å². The summed E-state index contributed by atoms with van der Waals surface area (Å²) in [6.07, 6.45) is 1.11. The molecule has 0 radical (unpaired) electrons. The van der Waals surface area contributed by atoms with E-state index in [-0.39, 0.29) is 0 Å². The first kappa shape index (κ1) is 19.8. The van der Waals surface area contributed by atoms with E-state index in [1.807, 2.05) is 0 Å². The molecule has 2 aliphatic rings. The Morgan fingerprint density at radius 2 is 1.00 bits per heavy atom. The molecule has 0 amide bonds. The van der Waals surface area contributed by atoms with Crippen molar-refractivity contribution in [2.45, 2.75) is 6.42 Å². The van der Waals surface area contributed by atoms with Gasteiger partial charge in [-0.1, -0.05) is 0 Å². The molecule has 0 aromatic carbocycles. The van der Waals surface area contributed by atoms with Crippen LogP contribution in [0.1, 0.15) is 6.42 Å². The average molecular weight is 383 g/mol. The van der Waals surface area contributed by atoms with Gasteiger partial charge in [-0.05, 0) is 62.8 Å². The summed E-state index contributed by atoms with van der Waals surface area (Å²) in [5.74, 6) is 0. The van der Waals surface area contributed by atoms with Gasteiger partial charge in [-0.25, -0.2) is 18.7 Å². The Morgan fingerprint density at radius 1 is 0.609 bits per heavy atom. The summed E-state index contributed by atoms with van der Waals surface area (Å²) in [5, 5.41) is 7.24. The molecule has 1 spiro atoms. The van der Waals surface area contributed by atoms with Crippen molar-refractivity contribution in [1.29, 1.82) is 0 Å². The highest BCUT2D eigenvalue weighted by molar-refractivity contribution is 7.83. The lowest BCUT2D eigenvalue weighted by Gasteiger charge is -2.45. The second-order valence-corrected chi connectivity index (χ2v) is 15.8. The van der Waals surface area contributed by atoms with Crippen molar-refractivity contribution in [2.75, 3.05) is 69.5 Å². The van der Waals surface area contributed by atoms with E-state index in [9.17, 15) is 0 Å². The van der Waals surface area contributed by atoms with Gasteiger partial charge in [-0.2, -0.15) is 13.5 Å². The van der Waals surface area contributed by atoms with Crippen LogP contribution in [0.4, 0.5) is 0 Å². The van der Waals surface area contributed by atoms with E-state index in [4.69, 9.17) is 13.5 Å². The Hall–Kier alpha value is 0.450. The second-order valence-electron chi connectivity index (χ2n) is 6.50. The van der Waals surface area contributed by atoms with Gasteiger partial charge in [0.15, 0.2) is 0 Å². The van der Waals surface area contributed by atoms with Crippen molar-refractivity contribution in [2.24, 2.45) is 13.5 Å². The summed E-state index contributed by atoms with van der Waals surface area (Å²) in [5.41, 5.74) is 0. The van der Waals surface area contributed by atoms with Crippen LogP contribution in [-0.2, 0) is 0 Å². The van der Waals surface area contributed by atoms with E-state index in [1.54, 1.807) is 0 Å². The van der Waals surface area contributed by atoms with Gasteiger partial charge in [-0.15, -0.1) is 0 Å². The zero-order chi connectivity index (χ0) is 17.5. The molecule has 0 saturated carbocycles. The minimum Gasteiger partial charge on any atom is -0.253 e. The quantitative estimate of drug-likeness (QED) is 0.728. The Labute approximate surface area is 141 Å². The molecule has 0 aliphatic carbocycles. The Kier molecular flexibility index (Phi) is 6.01. The van der Waals surface area contributed by atoms with Crippen LogP contribution in [0.2, 0.25) is 0 Å². The molecule has 1 fully saturated rings. The van der Waals surface area contributed by atoms with Crippen molar-refractivity contribution in [3.63, 3.8) is 0 Å². The van der Waals surface area contributed by atoms with E-state index in [0.29, 0.717) is 0 Å². The van der Waals surface area contributed by atoms with Crippen LogP contribution in [0, 0.1) is 0 Å². The van der Waals surface area contributed by atoms with Gasteiger partial charge in [0.1, 0.15) is 0 Å². The fourth-order valence-electron chi connectivity index (χ4n) is 2.66. The number of rotatable bonds is 4. The number of hydrogen-bond donors (Lipinski definition) is 2. The molecule has 2 rings (SSSR count). The largest absolute Gasteiger partial charge is 0.253 e. The molecule has 2 N–H and O–H groups in total. The van der Waals surface area contributed by atoms with E-state index >= 15 is 0 Å². The zero-order valence-electron chi connectivity index (χ0n) is 15.6. The Balaban J connectivity index is 2.87. The molecule has 23 heavy (non-hydrogen) atoms. The third-order valence-electron chi connectivity index (χ3n) is 3.90. The molecular formula is C11H32N9P3. The Bertz CT molecular complexity index is 554. The summed E-state index contributed by atoms with van der Waals surface area (Å²) in [7, 11) is 10.1. The minimum atomic E-state index is -2.18. The topological polar surface area (TPSA) is 74.1 Å². The molecule has 12 heteroatoms.